The van der Waals surface area contributed by atoms with Gasteiger partial charge in [-0.05, 0) is 31.0 Å². The van der Waals surface area contributed by atoms with Crippen LogP contribution in [-0.2, 0) is 10.0 Å². The molecule has 1 aliphatic carbocycles. The lowest BCUT2D eigenvalue weighted by Gasteiger charge is -2.22. The summed E-state index contributed by atoms with van der Waals surface area (Å²) in [4.78, 5) is -0.0595. The summed E-state index contributed by atoms with van der Waals surface area (Å²) in [7, 11) is -3.76. The first-order valence-electron chi connectivity index (χ1n) is 6.10. The molecule has 1 aromatic carbocycles. The standard InChI is InChI=1S/C12H17ClN2O3S/c13-10-4-3-9(14)7-11(10)19(17,18)15-8-12(16)5-1-2-6-12/h3-4,7,15-16H,1-2,5-6,8,14H2. The number of nitrogen functional groups attached to an aromatic ring is 1. The van der Waals surface area contributed by atoms with Crippen molar-refractivity contribution in [3.05, 3.63) is 23.2 Å². The molecule has 4 N–H and O–H groups in total. The molecule has 1 aromatic rings. The molecular formula is C12H17ClN2O3S. The topological polar surface area (TPSA) is 92.4 Å². The van der Waals surface area contributed by atoms with Gasteiger partial charge >= 0.3 is 0 Å². The number of benzene rings is 1. The number of rotatable bonds is 4. The van der Waals surface area contributed by atoms with Crippen LogP contribution < -0.4 is 10.5 Å². The van der Waals surface area contributed by atoms with Crippen LogP contribution in [0.3, 0.4) is 0 Å². The van der Waals surface area contributed by atoms with Crippen LogP contribution in [-0.4, -0.2) is 25.7 Å². The van der Waals surface area contributed by atoms with Crippen LogP contribution in [0.2, 0.25) is 5.02 Å². The largest absolute Gasteiger partial charge is 0.399 e. The maximum atomic E-state index is 12.1. The molecule has 0 aromatic heterocycles. The first-order valence-corrected chi connectivity index (χ1v) is 7.96. The molecular weight excluding hydrogens is 288 g/mol. The zero-order valence-electron chi connectivity index (χ0n) is 10.4. The summed E-state index contributed by atoms with van der Waals surface area (Å²) in [6, 6.07) is 4.28. The van der Waals surface area contributed by atoms with E-state index in [1.165, 1.54) is 18.2 Å². The first-order chi connectivity index (χ1) is 8.82. The zero-order valence-corrected chi connectivity index (χ0v) is 12.0. The summed E-state index contributed by atoms with van der Waals surface area (Å²) in [5.74, 6) is 0. The Balaban J connectivity index is 2.16. The molecule has 2 rings (SSSR count). The number of nitrogens with two attached hydrogens (primary N) is 1. The Hall–Kier alpha value is -0.820. The van der Waals surface area contributed by atoms with Crippen LogP contribution >= 0.6 is 11.6 Å². The average molecular weight is 305 g/mol. The van der Waals surface area contributed by atoms with Crippen molar-refractivity contribution in [2.24, 2.45) is 0 Å². The normalized spacial score (nSPS) is 18.6. The number of nitrogens with one attached hydrogen (secondary N) is 1. The second kappa shape index (κ2) is 5.28. The predicted octanol–water partition coefficient (Wildman–Crippen LogP) is 1.51. The van der Waals surface area contributed by atoms with E-state index in [1.54, 1.807) is 0 Å². The predicted molar refractivity (Wildman–Crippen MR) is 74.5 cm³/mol. The first kappa shape index (κ1) is 14.6. The lowest BCUT2D eigenvalue weighted by atomic mass is 10.0. The highest BCUT2D eigenvalue weighted by Crippen LogP contribution is 2.29. The molecule has 7 heteroatoms. The van der Waals surface area contributed by atoms with Crippen molar-refractivity contribution < 1.29 is 13.5 Å². The number of aliphatic hydroxyl groups is 1. The maximum absolute atomic E-state index is 12.1. The molecule has 1 saturated carbocycles. The van der Waals surface area contributed by atoms with E-state index in [4.69, 9.17) is 17.3 Å². The van der Waals surface area contributed by atoms with Crippen LogP contribution in [0.1, 0.15) is 25.7 Å². The van der Waals surface area contributed by atoms with Gasteiger partial charge in [-0.3, -0.25) is 0 Å². The molecule has 0 heterocycles. The molecule has 1 aliphatic rings. The van der Waals surface area contributed by atoms with Gasteiger partial charge in [0.15, 0.2) is 0 Å². The van der Waals surface area contributed by atoms with Crippen molar-refractivity contribution in [2.75, 3.05) is 12.3 Å². The van der Waals surface area contributed by atoms with E-state index in [9.17, 15) is 13.5 Å². The monoisotopic (exact) mass is 304 g/mol. The molecule has 0 radical (unpaired) electrons. The molecule has 19 heavy (non-hydrogen) atoms. The van der Waals surface area contributed by atoms with Gasteiger partial charge in [0, 0.05) is 12.2 Å². The maximum Gasteiger partial charge on any atom is 0.242 e. The molecule has 0 saturated heterocycles. The van der Waals surface area contributed by atoms with Crippen molar-refractivity contribution in [3.8, 4) is 0 Å². The van der Waals surface area contributed by atoms with E-state index in [1.807, 2.05) is 0 Å². The quantitative estimate of drug-likeness (QED) is 0.735. The summed E-state index contributed by atoms with van der Waals surface area (Å²) in [5.41, 5.74) is 4.95. The molecule has 0 unspecified atom stereocenters. The molecule has 0 atom stereocenters. The van der Waals surface area contributed by atoms with E-state index in [-0.39, 0.29) is 16.5 Å². The van der Waals surface area contributed by atoms with Crippen LogP contribution in [0, 0.1) is 0 Å². The van der Waals surface area contributed by atoms with Crippen molar-refractivity contribution in [1.82, 2.24) is 4.72 Å². The van der Waals surface area contributed by atoms with Gasteiger partial charge in [0.1, 0.15) is 4.90 Å². The van der Waals surface area contributed by atoms with Crippen LogP contribution in [0.4, 0.5) is 5.69 Å². The molecule has 0 amide bonds. The molecule has 0 bridgehead atoms. The van der Waals surface area contributed by atoms with Crippen molar-refractivity contribution >= 4 is 27.3 Å². The SMILES string of the molecule is Nc1ccc(Cl)c(S(=O)(=O)NCC2(O)CCCC2)c1. The number of sulfonamides is 1. The number of hydrogen-bond donors (Lipinski definition) is 3. The Bertz CT molecular complexity index is 568. The van der Waals surface area contributed by atoms with Crippen LogP contribution in [0.15, 0.2) is 23.1 Å². The molecule has 0 spiro atoms. The minimum absolute atomic E-state index is 0.000458. The molecule has 1 fully saturated rings. The summed E-state index contributed by atoms with van der Waals surface area (Å²) < 4.78 is 26.7. The van der Waals surface area contributed by atoms with E-state index in [0.29, 0.717) is 18.5 Å². The summed E-state index contributed by atoms with van der Waals surface area (Å²) in [5, 5.41) is 10.3. The van der Waals surface area contributed by atoms with Gasteiger partial charge in [-0.25, -0.2) is 13.1 Å². The lowest BCUT2D eigenvalue weighted by molar-refractivity contribution is 0.0532. The highest BCUT2D eigenvalue weighted by atomic mass is 35.5. The van der Waals surface area contributed by atoms with E-state index < -0.39 is 15.6 Å². The van der Waals surface area contributed by atoms with Gasteiger partial charge in [-0.15, -0.1) is 0 Å². The summed E-state index contributed by atoms with van der Waals surface area (Å²) in [6.45, 7) is 0.000458. The Labute approximate surface area is 117 Å². The zero-order chi connectivity index (χ0) is 14.1. The van der Waals surface area contributed by atoms with Crippen molar-refractivity contribution in [3.63, 3.8) is 0 Å². The van der Waals surface area contributed by atoms with Crippen LogP contribution in [0.25, 0.3) is 0 Å². The Morgan fingerprint density at radius 1 is 1.37 bits per heavy atom. The molecule has 0 aliphatic heterocycles. The smallest absolute Gasteiger partial charge is 0.242 e. The average Bonchev–Trinajstić information content (AvgIpc) is 2.78. The van der Waals surface area contributed by atoms with Crippen LogP contribution in [0.5, 0.6) is 0 Å². The van der Waals surface area contributed by atoms with Gasteiger partial charge < -0.3 is 10.8 Å². The Kier molecular flexibility index (Phi) is 4.06. The lowest BCUT2D eigenvalue weighted by Crippen LogP contribution is -2.40. The van der Waals surface area contributed by atoms with Gasteiger partial charge in [0.2, 0.25) is 10.0 Å². The van der Waals surface area contributed by atoms with E-state index in [2.05, 4.69) is 4.72 Å². The summed E-state index contributed by atoms with van der Waals surface area (Å²) in [6.07, 6.45) is 3.05. The van der Waals surface area contributed by atoms with Gasteiger partial charge in [-0.2, -0.15) is 0 Å². The summed E-state index contributed by atoms with van der Waals surface area (Å²) >= 11 is 5.87. The third kappa shape index (κ3) is 3.39. The Morgan fingerprint density at radius 2 is 2.00 bits per heavy atom. The Morgan fingerprint density at radius 3 is 2.63 bits per heavy atom. The third-order valence-corrected chi connectivity index (χ3v) is 5.25. The highest BCUT2D eigenvalue weighted by Gasteiger charge is 2.32. The van der Waals surface area contributed by atoms with Crippen molar-refractivity contribution in [1.29, 1.82) is 0 Å². The minimum atomic E-state index is -3.76. The third-order valence-electron chi connectivity index (χ3n) is 3.37. The van der Waals surface area contributed by atoms with Gasteiger partial charge in [0.25, 0.3) is 0 Å². The van der Waals surface area contributed by atoms with Crippen molar-refractivity contribution in [2.45, 2.75) is 36.2 Å². The van der Waals surface area contributed by atoms with Gasteiger partial charge in [-0.1, -0.05) is 24.4 Å². The van der Waals surface area contributed by atoms with E-state index in [0.717, 1.165) is 12.8 Å². The second-order valence-corrected chi connectivity index (χ2v) is 7.09. The second-order valence-electron chi connectivity index (χ2n) is 4.95. The molecule has 5 nitrogen and oxygen atoms in total. The number of hydrogen-bond acceptors (Lipinski definition) is 4. The minimum Gasteiger partial charge on any atom is -0.399 e. The number of halogens is 1. The number of anilines is 1. The van der Waals surface area contributed by atoms with Gasteiger partial charge in [0.05, 0.1) is 10.6 Å². The fraction of sp³-hybridized carbons (Fsp3) is 0.500. The fourth-order valence-electron chi connectivity index (χ4n) is 2.24. The fourth-order valence-corrected chi connectivity index (χ4v) is 3.90. The highest BCUT2D eigenvalue weighted by molar-refractivity contribution is 7.89. The van der Waals surface area contributed by atoms with E-state index >= 15 is 0 Å². The molecule has 106 valence electrons.